The number of aryl methyl sites for hydroxylation is 1. The third kappa shape index (κ3) is 7.81. The summed E-state index contributed by atoms with van der Waals surface area (Å²) < 4.78 is 11.7. The van der Waals surface area contributed by atoms with Crippen molar-refractivity contribution in [3.8, 4) is 33.3 Å². The summed E-state index contributed by atoms with van der Waals surface area (Å²) in [5.41, 5.74) is 7.72. The quantitative estimate of drug-likeness (QED) is 0.108. The number of H-pyrrole nitrogens is 1. The summed E-state index contributed by atoms with van der Waals surface area (Å²) >= 11 is 1.59. The fourth-order valence-corrected chi connectivity index (χ4v) is 9.04. The second-order valence-corrected chi connectivity index (χ2v) is 17.0. The number of aliphatic hydroxyl groups excluding tert-OH is 1. The van der Waals surface area contributed by atoms with Gasteiger partial charge in [0.1, 0.15) is 24.3 Å². The maximum atomic E-state index is 14.1. The highest BCUT2D eigenvalue weighted by atomic mass is 32.1. The second kappa shape index (κ2) is 16.0. The van der Waals surface area contributed by atoms with E-state index in [9.17, 15) is 19.8 Å². The molecule has 2 fully saturated rings. The first-order valence-electron chi connectivity index (χ1n) is 19.6. The Bertz CT molecular complexity index is 2420. The smallest absolute Gasteiger partial charge is 0.254 e. The number of aliphatic hydroxyl groups is 1. The van der Waals surface area contributed by atoms with Gasteiger partial charge >= 0.3 is 0 Å². The number of aromatic nitrogens is 5. The van der Waals surface area contributed by atoms with Crippen LogP contribution in [0.25, 0.3) is 32.7 Å². The third-order valence-corrected chi connectivity index (χ3v) is 12.4. The zero-order chi connectivity index (χ0) is 40.7. The van der Waals surface area contributed by atoms with E-state index in [4.69, 9.17) is 9.26 Å². The molecule has 8 rings (SSSR count). The van der Waals surface area contributed by atoms with Crippen LogP contribution >= 0.6 is 11.3 Å². The monoisotopic (exact) mass is 804 g/mol. The van der Waals surface area contributed by atoms with E-state index in [2.05, 4.69) is 48.5 Å². The number of phenols is 1. The lowest BCUT2D eigenvalue weighted by Crippen LogP contribution is -2.58. The summed E-state index contributed by atoms with van der Waals surface area (Å²) in [6.07, 6.45) is -0.678. The lowest BCUT2D eigenvalue weighted by molar-refractivity contribution is -0.141. The number of ether oxygens (including phenoxy) is 1. The second-order valence-electron chi connectivity index (χ2n) is 16.2. The molecule has 2 saturated heterocycles. The molecule has 2 amide bonds. The number of nitrogens with one attached hydrogen (secondary N) is 2. The highest BCUT2D eigenvalue weighted by Crippen LogP contribution is 2.37. The first-order valence-corrected chi connectivity index (χ1v) is 20.5. The predicted octanol–water partition coefficient (Wildman–Crippen LogP) is 5.98. The van der Waals surface area contributed by atoms with Gasteiger partial charge in [-0.1, -0.05) is 57.2 Å². The molecule has 4 N–H and O–H groups in total. The van der Waals surface area contributed by atoms with Crippen LogP contribution in [0.15, 0.2) is 76.8 Å². The molecule has 2 aliphatic rings. The molecule has 2 aliphatic heterocycles. The van der Waals surface area contributed by atoms with Crippen LogP contribution in [0.1, 0.15) is 68.8 Å². The van der Waals surface area contributed by atoms with Crippen LogP contribution in [-0.2, 0) is 15.0 Å². The topological polar surface area (TPSA) is 183 Å². The van der Waals surface area contributed by atoms with Gasteiger partial charge in [-0.2, -0.15) is 0 Å². The summed E-state index contributed by atoms with van der Waals surface area (Å²) in [4.78, 5) is 40.4. The number of hydrogen-bond donors (Lipinski definition) is 4. The van der Waals surface area contributed by atoms with Gasteiger partial charge < -0.3 is 34.7 Å². The number of fused-ring (bicyclic) bond motifs is 1. The normalized spacial score (nSPS) is 19.0. The minimum Gasteiger partial charge on any atom is -0.507 e. The van der Waals surface area contributed by atoms with Crippen molar-refractivity contribution >= 4 is 34.2 Å². The zero-order valence-electron chi connectivity index (χ0n) is 33.2. The van der Waals surface area contributed by atoms with Crippen molar-refractivity contribution in [3.63, 3.8) is 0 Å². The van der Waals surface area contributed by atoms with Gasteiger partial charge in [0, 0.05) is 60.7 Å². The van der Waals surface area contributed by atoms with Crippen LogP contribution in [0.5, 0.6) is 11.6 Å². The number of nitrogens with zero attached hydrogens (tertiary/aromatic N) is 6. The molecule has 302 valence electrons. The van der Waals surface area contributed by atoms with E-state index in [1.54, 1.807) is 29.5 Å². The number of carbonyl (C=O) groups is 2. The number of β-amino-alcohol motifs (C(OH)–C–C–N with tert-alkyl or cyclic N) is 1. The van der Waals surface area contributed by atoms with Gasteiger partial charge in [0.05, 0.1) is 33.9 Å². The Morgan fingerprint density at radius 1 is 1.09 bits per heavy atom. The number of thiazole rings is 1. The Hall–Kier alpha value is -5.64. The summed E-state index contributed by atoms with van der Waals surface area (Å²) in [5.74, 6) is -0.726. The van der Waals surface area contributed by atoms with Gasteiger partial charge in [-0.05, 0) is 60.3 Å². The Morgan fingerprint density at radius 3 is 2.59 bits per heavy atom. The number of carbonyl (C=O) groups excluding carboxylic acids is 2. The number of rotatable bonds is 13. The summed E-state index contributed by atoms with van der Waals surface area (Å²) in [6.45, 7) is 12.6. The Kier molecular flexibility index (Phi) is 10.8. The molecular weight excluding hydrogens is 757 g/mol. The van der Waals surface area contributed by atoms with E-state index in [1.807, 2.05) is 75.7 Å². The van der Waals surface area contributed by atoms with E-state index < -0.39 is 18.1 Å². The molecule has 14 nitrogen and oxygen atoms in total. The molecule has 0 bridgehead atoms. The molecule has 0 aliphatic carbocycles. The highest BCUT2D eigenvalue weighted by Gasteiger charge is 2.44. The molecule has 6 heterocycles. The van der Waals surface area contributed by atoms with Crippen molar-refractivity contribution in [2.24, 2.45) is 5.92 Å². The van der Waals surface area contributed by atoms with Crippen molar-refractivity contribution < 1.29 is 29.1 Å². The number of phenolic OH excluding ortho intramolecular Hbond substituents is 1. The fourth-order valence-electron chi connectivity index (χ4n) is 8.23. The van der Waals surface area contributed by atoms with E-state index in [-0.39, 0.29) is 53.8 Å². The first kappa shape index (κ1) is 39.2. The van der Waals surface area contributed by atoms with E-state index >= 15 is 0 Å². The molecule has 0 radical (unpaired) electrons. The van der Waals surface area contributed by atoms with Crippen LogP contribution in [0.3, 0.4) is 0 Å². The number of para-hydroxylation sites is 1. The van der Waals surface area contributed by atoms with Crippen LogP contribution in [0, 0.1) is 12.8 Å². The van der Waals surface area contributed by atoms with Crippen LogP contribution in [0.4, 0.5) is 0 Å². The maximum absolute atomic E-state index is 14.1. The number of hydrogen-bond acceptors (Lipinski definition) is 12. The van der Waals surface area contributed by atoms with Gasteiger partial charge in [-0.3, -0.25) is 14.5 Å². The van der Waals surface area contributed by atoms with Gasteiger partial charge in [0.25, 0.3) is 5.88 Å². The standard InChI is InChI=1S/C43H48N8O6S/c1-24(2)38(42(55)51-20-30(52)18-33(51)41(54)45-25(3)27-10-12-28(13-11-27)39-26(4)44-23-58-39)35-19-37(49-57-35)56-15-14-50-21-43(5,22-50)36-17-29-16-32(47-48-40(29)46-36)31-8-6-7-9-34(31)53/h6-13,16-17,19,23-25,30,33,38,52-53H,14-15,18,20-22H2,1-5H3,(H,45,54)(H,46,48)/t25-,30+,33-,38+/m0/s1. The fraction of sp³-hybridized carbons (Fsp3) is 0.395. The number of likely N-dealkylation sites (tertiary alicyclic amines) is 2. The molecule has 0 saturated carbocycles. The Morgan fingerprint density at radius 2 is 1.86 bits per heavy atom. The minimum atomic E-state index is -0.829. The zero-order valence-corrected chi connectivity index (χ0v) is 34.0. The van der Waals surface area contributed by atoms with Crippen LogP contribution < -0.4 is 10.1 Å². The van der Waals surface area contributed by atoms with Crippen molar-refractivity contribution in [3.05, 3.63) is 95.0 Å². The van der Waals surface area contributed by atoms with E-state index in [1.165, 1.54) is 4.90 Å². The highest BCUT2D eigenvalue weighted by molar-refractivity contribution is 7.13. The SMILES string of the molecule is Cc1ncsc1-c1ccc([C@H](C)NC(=O)[C@@H]2C[C@@H](O)CN2C(=O)[C@@H](c2cc(OCCN3CC(C)(c4cc5cc(-c6ccccc6O)nnc5[nH]4)C3)no2)C(C)C)cc1. The van der Waals surface area contributed by atoms with Gasteiger partial charge in [0.2, 0.25) is 11.8 Å². The average Bonchev–Trinajstić information content (AvgIpc) is 4.01. The third-order valence-electron chi connectivity index (χ3n) is 11.4. The molecule has 0 spiro atoms. The molecule has 0 unspecified atom stereocenters. The minimum absolute atomic E-state index is 0.0505. The number of aromatic hydroxyl groups is 1. The summed E-state index contributed by atoms with van der Waals surface area (Å²) in [5, 5.41) is 37.8. The molecule has 15 heteroatoms. The predicted molar refractivity (Wildman–Crippen MR) is 219 cm³/mol. The van der Waals surface area contributed by atoms with E-state index in [0.717, 1.165) is 45.9 Å². The van der Waals surface area contributed by atoms with Gasteiger partial charge in [-0.15, -0.1) is 21.5 Å². The number of amides is 2. The maximum Gasteiger partial charge on any atom is 0.254 e. The first-order chi connectivity index (χ1) is 27.9. The molecule has 6 aromatic rings. The van der Waals surface area contributed by atoms with Crippen LogP contribution in [-0.4, -0.2) is 102 Å². The summed E-state index contributed by atoms with van der Waals surface area (Å²) in [7, 11) is 0. The van der Waals surface area contributed by atoms with Crippen LogP contribution in [0.2, 0.25) is 0 Å². The van der Waals surface area contributed by atoms with E-state index in [0.29, 0.717) is 35.8 Å². The molecule has 58 heavy (non-hydrogen) atoms. The average molecular weight is 805 g/mol. The van der Waals surface area contributed by atoms with Gasteiger partial charge in [-0.25, -0.2) is 4.98 Å². The lowest BCUT2D eigenvalue weighted by atomic mass is 9.79. The number of benzene rings is 2. The molecule has 2 aromatic carbocycles. The molecule has 4 atom stereocenters. The number of aromatic amines is 1. The largest absolute Gasteiger partial charge is 0.507 e. The molecular formula is C43H48N8O6S. The summed E-state index contributed by atoms with van der Waals surface area (Å²) in [6, 6.07) is 19.7. The lowest BCUT2D eigenvalue weighted by Gasteiger charge is -2.47. The Labute approximate surface area is 340 Å². The van der Waals surface area contributed by atoms with Gasteiger partial charge in [0.15, 0.2) is 11.4 Å². The van der Waals surface area contributed by atoms with Crippen molar-refractivity contribution in [2.45, 2.75) is 70.6 Å². The molecule has 4 aromatic heterocycles. The Balaban J connectivity index is 0.849. The van der Waals surface area contributed by atoms with Crippen molar-refractivity contribution in [2.75, 3.05) is 32.8 Å². The van der Waals surface area contributed by atoms with Crippen molar-refractivity contribution in [1.82, 2.24) is 40.4 Å². The van der Waals surface area contributed by atoms with Crippen molar-refractivity contribution in [1.29, 1.82) is 0 Å².